The number of hydrogen-bond acceptors (Lipinski definition) is 4. The van der Waals surface area contributed by atoms with E-state index < -0.39 is 11.6 Å². The van der Waals surface area contributed by atoms with Crippen LogP contribution in [-0.4, -0.2) is 18.8 Å². The van der Waals surface area contributed by atoms with E-state index in [1.165, 1.54) is 12.1 Å². The molecule has 4 aromatic heterocycles. The second-order valence-electron chi connectivity index (χ2n) is 14.3. The molecule has 13 rings (SSSR count). The van der Waals surface area contributed by atoms with Gasteiger partial charge < -0.3 is 0 Å². The lowest BCUT2D eigenvalue weighted by Gasteiger charge is -2.21. The Kier molecular flexibility index (Phi) is 4.53. The second kappa shape index (κ2) is 8.73. The first-order valence-corrected chi connectivity index (χ1v) is 17.2. The summed E-state index contributed by atoms with van der Waals surface area (Å²) in [6, 6.07) is 21.7. The quantitative estimate of drug-likeness (QED) is 0.119. The molecule has 6 nitrogen and oxygen atoms in total. The summed E-state index contributed by atoms with van der Waals surface area (Å²) < 4.78 is 36.8. The average molecular weight is 675 g/mol. The molecule has 0 N–H and O–H groups in total. The largest absolute Gasteiger partial charge is 0.268 e. The maximum atomic E-state index is 16.8. The standard InChI is InChI=1S/C44H20F2N4O2/c45-29-17-27-35-25(41-47-31-13-19-5-1-3-7-21(19)15-33(31)49(41)43(27)51)11-9-23-38-30(46)18-28-36-26(12-10-24(40(36)38)37(29)39(23)35)42-48-32-14-20-6-2-4-8-22(20)16-34(32)50(42)44(28)52/h1-13,15-18,20H,14H2. The van der Waals surface area contributed by atoms with Crippen molar-refractivity contribution in [2.75, 3.05) is 0 Å². The van der Waals surface area contributed by atoms with Crippen LogP contribution in [0.15, 0.2) is 112 Å². The van der Waals surface area contributed by atoms with E-state index in [1.54, 1.807) is 14.9 Å². The highest BCUT2D eigenvalue weighted by atomic mass is 19.1. The molecule has 2 aliphatic carbocycles. The van der Waals surface area contributed by atoms with Crippen LogP contribution in [0.5, 0.6) is 0 Å². The van der Waals surface area contributed by atoms with Crippen molar-refractivity contribution >= 4 is 104 Å². The molecule has 0 amide bonds. The fourth-order valence-electron chi connectivity index (χ4n) is 9.58. The molecule has 0 fully saturated rings. The van der Waals surface area contributed by atoms with E-state index in [-0.39, 0.29) is 38.6 Å². The molecule has 0 spiro atoms. The zero-order chi connectivity index (χ0) is 34.3. The molecule has 8 heteroatoms. The van der Waals surface area contributed by atoms with Crippen molar-refractivity contribution in [1.82, 2.24) is 18.8 Å². The van der Waals surface area contributed by atoms with Crippen LogP contribution in [0.3, 0.4) is 0 Å². The molecule has 0 radical (unpaired) electrons. The molecule has 7 aromatic carbocycles. The maximum absolute atomic E-state index is 16.8. The Morgan fingerprint density at radius 1 is 0.615 bits per heavy atom. The van der Waals surface area contributed by atoms with Gasteiger partial charge in [-0.3, -0.25) is 18.4 Å². The van der Waals surface area contributed by atoms with E-state index in [1.807, 2.05) is 78.9 Å². The van der Waals surface area contributed by atoms with Crippen molar-refractivity contribution in [1.29, 1.82) is 0 Å². The van der Waals surface area contributed by atoms with Gasteiger partial charge in [0, 0.05) is 55.4 Å². The summed E-state index contributed by atoms with van der Waals surface area (Å²) in [5.41, 5.74) is 4.14. The highest BCUT2D eigenvalue weighted by Gasteiger charge is 2.29. The van der Waals surface area contributed by atoms with Gasteiger partial charge in [-0.15, -0.1) is 0 Å². The summed E-state index contributed by atoms with van der Waals surface area (Å²) in [5.74, 6) is -0.999. The third-order valence-electron chi connectivity index (χ3n) is 11.8. The number of aromatic nitrogens is 4. The molecule has 1 atom stereocenters. The third kappa shape index (κ3) is 2.96. The highest BCUT2D eigenvalue weighted by Crippen LogP contribution is 2.48. The summed E-state index contributed by atoms with van der Waals surface area (Å²) >= 11 is 0. The number of pyridine rings is 2. The lowest BCUT2D eigenvalue weighted by Crippen LogP contribution is -2.18. The van der Waals surface area contributed by atoms with Crippen molar-refractivity contribution in [2.24, 2.45) is 5.92 Å². The monoisotopic (exact) mass is 674 g/mol. The lowest BCUT2D eigenvalue weighted by molar-refractivity contribution is 0.640. The number of fused-ring (bicyclic) bond motifs is 12. The molecule has 1 unspecified atom stereocenters. The van der Waals surface area contributed by atoms with Crippen LogP contribution in [0.2, 0.25) is 0 Å². The van der Waals surface area contributed by atoms with Crippen molar-refractivity contribution in [2.45, 2.75) is 6.42 Å². The van der Waals surface area contributed by atoms with Crippen molar-refractivity contribution in [3.63, 3.8) is 0 Å². The van der Waals surface area contributed by atoms with Crippen molar-refractivity contribution in [3.8, 4) is 0 Å². The van der Waals surface area contributed by atoms with Crippen LogP contribution in [0, 0.1) is 17.6 Å². The van der Waals surface area contributed by atoms with Gasteiger partial charge in [0.25, 0.3) is 11.1 Å². The first kappa shape index (κ1) is 27.0. The van der Waals surface area contributed by atoms with Gasteiger partial charge in [-0.2, -0.15) is 0 Å². The van der Waals surface area contributed by atoms with E-state index in [4.69, 9.17) is 9.97 Å². The minimum atomic E-state index is -0.589. The molecule has 242 valence electrons. The Labute approximate surface area is 289 Å². The van der Waals surface area contributed by atoms with Gasteiger partial charge in [0.15, 0.2) is 0 Å². The van der Waals surface area contributed by atoms with Crippen LogP contribution in [0.4, 0.5) is 8.78 Å². The van der Waals surface area contributed by atoms with Crippen LogP contribution in [0.25, 0.3) is 104 Å². The predicted molar refractivity (Wildman–Crippen MR) is 203 cm³/mol. The number of rotatable bonds is 0. The summed E-state index contributed by atoms with van der Waals surface area (Å²) in [5, 5.41) is 7.29. The van der Waals surface area contributed by atoms with Gasteiger partial charge in [-0.1, -0.05) is 60.7 Å². The van der Waals surface area contributed by atoms with E-state index in [2.05, 4.69) is 6.08 Å². The molecule has 0 saturated carbocycles. The first-order chi connectivity index (χ1) is 25.4. The molecule has 0 saturated heterocycles. The Hall–Kier alpha value is -6.80. The van der Waals surface area contributed by atoms with Crippen LogP contribution in [-0.2, 0) is 6.42 Å². The Bertz CT molecular complexity index is 3740. The van der Waals surface area contributed by atoms with Crippen LogP contribution >= 0.6 is 0 Å². The van der Waals surface area contributed by atoms with Gasteiger partial charge in [0.1, 0.15) is 22.9 Å². The summed E-state index contributed by atoms with van der Waals surface area (Å²) in [6.07, 6.45) is 10.8. The van der Waals surface area contributed by atoms with E-state index in [0.29, 0.717) is 77.5 Å². The molecule has 0 aliphatic heterocycles. The summed E-state index contributed by atoms with van der Waals surface area (Å²) in [4.78, 5) is 38.7. The van der Waals surface area contributed by atoms with E-state index >= 15 is 8.78 Å². The smallest absolute Gasteiger partial charge is 0.264 e. The fraction of sp³-hybridized carbons (Fsp3) is 0.0455. The van der Waals surface area contributed by atoms with Gasteiger partial charge in [-0.05, 0) is 69.6 Å². The normalized spacial score (nSPS) is 16.1. The first-order valence-electron chi connectivity index (χ1n) is 17.2. The van der Waals surface area contributed by atoms with E-state index in [9.17, 15) is 9.59 Å². The molecule has 0 bridgehead atoms. The number of imidazole rings is 2. The van der Waals surface area contributed by atoms with Gasteiger partial charge in [0.05, 0.1) is 33.2 Å². The highest BCUT2D eigenvalue weighted by molar-refractivity contribution is 6.40. The number of halogens is 2. The van der Waals surface area contributed by atoms with Crippen molar-refractivity contribution in [3.05, 3.63) is 146 Å². The Morgan fingerprint density at radius 2 is 1.23 bits per heavy atom. The zero-order valence-corrected chi connectivity index (χ0v) is 27.0. The molecule has 2 aliphatic rings. The topological polar surface area (TPSA) is 68.7 Å². The van der Waals surface area contributed by atoms with E-state index in [0.717, 1.165) is 22.0 Å². The lowest BCUT2D eigenvalue weighted by atomic mass is 9.85. The fourth-order valence-corrected chi connectivity index (χ4v) is 9.58. The van der Waals surface area contributed by atoms with Gasteiger partial charge >= 0.3 is 0 Å². The SMILES string of the molecule is O=c1c2cc(F)c3c4ccc5c6c(cc(F)c(c7ccc(c2c73)c2nc3c(n12)C=C1C=CC=CC1C3)c46)c(=O)n1c2cc3ccccc3cc2nc51. The third-order valence-corrected chi connectivity index (χ3v) is 11.8. The second-order valence-corrected chi connectivity index (χ2v) is 14.3. The molecular weight excluding hydrogens is 655 g/mol. The van der Waals surface area contributed by atoms with Gasteiger partial charge in [0.2, 0.25) is 0 Å². The van der Waals surface area contributed by atoms with Crippen molar-refractivity contribution < 1.29 is 8.78 Å². The minimum Gasteiger partial charge on any atom is -0.268 e. The predicted octanol–water partition coefficient (Wildman–Crippen LogP) is 9.20. The zero-order valence-electron chi connectivity index (χ0n) is 27.0. The number of allylic oxidation sites excluding steroid dienone is 5. The number of hydrogen-bond donors (Lipinski definition) is 0. The molecule has 4 heterocycles. The maximum Gasteiger partial charge on any atom is 0.264 e. The Balaban J connectivity index is 1.21. The van der Waals surface area contributed by atoms with Gasteiger partial charge in [-0.25, -0.2) is 18.7 Å². The molecule has 52 heavy (non-hydrogen) atoms. The van der Waals surface area contributed by atoms with Crippen LogP contribution < -0.4 is 11.1 Å². The average Bonchev–Trinajstić information content (AvgIpc) is 3.72. The molecular formula is C44H20F2N4O2. The number of nitrogens with zero attached hydrogens (tertiary/aromatic N) is 4. The number of benzene rings is 7. The summed E-state index contributed by atoms with van der Waals surface area (Å²) in [7, 11) is 0. The summed E-state index contributed by atoms with van der Waals surface area (Å²) in [6.45, 7) is 0. The minimum absolute atomic E-state index is 0.175. The molecule has 11 aromatic rings. The van der Waals surface area contributed by atoms with Crippen LogP contribution in [0.1, 0.15) is 11.4 Å². The Morgan fingerprint density at radius 3 is 1.92 bits per heavy atom.